The fourth-order valence-electron chi connectivity index (χ4n) is 11.8. The maximum Gasteiger partial charge on any atom is 0.335 e. The molecule has 0 unspecified atom stereocenters. The Bertz CT molecular complexity index is 2230. The van der Waals surface area contributed by atoms with Gasteiger partial charge in [-0.15, -0.1) is 0 Å². The Balaban J connectivity index is 1.13. The molecule has 9 rings (SSSR count). The molecule has 392 valence electrons. The molecule has 4 aromatic carbocycles. The highest BCUT2D eigenvalue weighted by Gasteiger charge is 2.69. The largest absolute Gasteiger partial charge is 0.414 e. The van der Waals surface area contributed by atoms with Crippen molar-refractivity contribution in [3.63, 3.8) is 0 Å². The first-order valence-corrected chi connectivity index (χ1v) is 30.7. The van der Waals surface area contributed by atoms with E-state index in [0.717, 1.165) is 54.4 Å². The van der Waals surface area contributed by atoms with E-state index in [4.69, 9.17) is 50.9 Å². The van der Waals surface area contributed by atoms with Gasteiger partial charge in [-0.1, -0.05) is 183 Å². The number of aliphatic hydroxyl groups is 1. The van der Waals surface area contributed by atoms with Crippen LogP contribution in [0.25, 0.3) is 0 Å². The first kappa shape index (κ1) is 53.7. The third-order valence-corrected chi connectivity index (χ3v) is 25.9. The molecule has 14 heteroatoms. The van der Waals surface area contributed by atoms with Crippen molar-refractivity contribution in [3.05, 3.63) is 144 Å². The van der Waals surface area contributed by atoms with Crippen molar-refractivity contribution >= 4 is 17.1 Å². The second kappa shape index (κ2) is 23.8. The number of rotatable bonds is 19. The Morgan fingerprint density at radius 1 is 0.500 bits per heavy atom. The van der Waals surface area contributed by atoms with E-state index in [0.29, 0.717) is 13.2 Å². The van der Waals surface area contributed by atoms with E-state index in [9.17, 15) is 5.11 Å². The van der Waals surface area contributed by atoms with E-state index >= 15 is 0 Å². The van der Waals surface area contributed by atoms with Crippen molar-refractivity contribution in [2.45, 2.75) is 209 Å². The zero-order chi connectivity index (χ0) is 50.5. The van der Waals surface area contributed by atoms with E-state index in [-0.39, 0.29) is 42.0 Å². The van der Waals surface area contributed by atoms with Crippen LogP contribution < -0.4 is 0 Å². The van der Waals surface area contributed by atoms with Crippen molar-refractivity contribution in [1.82, 2.24) is 0 Å². The van der Waals surface area contributed by atoms with Crippen LogP contribution in [-0.4, -0.2) is 102 Å². The summed E-state index contributed by atoms with van der Waals surface area (Å²) in [6.07, 6.45) is -4.79. The quantitative estimate of drug-likeness (QED) is 0.0900. The normalized spacial score (nSPS) is 30.9. The maximum absolute atomic E-state index is 13.3. The molecule has 5 aliphatic rings. The van der Waals surface area contributed by atoms with Gasteiger partial charge in [0.15, 0.2) is 12.1 Å². The van der Waals surface area contributed by atoms with Crippen LogP contribution in [0.15, 0.2) is 121 Å². The van der Waals surface area contributed by atoms with Crippen LogP contribution in [0.1, 0.15) is 110 Å². The molecule has 1 spiro atoms. The Labute approximate surface area is 430 Å². The monoisotopic (exact) mass is 1020 g/mol. The van der Waals surface area contributed by atoms with E-state index in [1.54, 1.807) is 0 Å². The number of hydrogen-bond acceptors (Lipinski definition) is 12. The lowest BCUT2D eigenvalue weighted by atomic mass is 9.84. The van der Waals surface area contributed by atoms with Gasteiger partial charge in [0, 0.05) is 12.8 Å². The molecule has 0 radical (unpaired) electrons. The number of hydrogen-bond donors (Lipinski definition) is 1. The van der Waals surface area contributed by atoms with Gasteiger partial charge in [-0.25, -0.2) is 0 Å². The molecule has 4 aromatic rings. The van der Waals surface area contributed by atoms with Gasteiger partial charge in [0.05, 0.1) is 33.0 Å². The van der Waals surface area contributed by atoms with Crippen molar-refractivity contribution in [2.75, 3.05) is 6.61 Å². The fourth-order valence-corrected chi connectivity index (χ4v) is 23.1. The van der Waals surface area contributed by atoms with Gasteiger partial charge in [0.2, 0.25) is 0 Å². The topological polar surface area (TPSA) is 122 Å². The van der Waals surface area contributed by atoms with E-state index in [2.05, 4.69) is 55.4 Å². The highest BCUT2D eigenvalue weighted by molar-refractivity contribution is 6.84. The van der Waals surface area contributed by atoms with Crippen molar-refractivity contribution in [2.24, 2.45) is 0 Å². The van der Waals surface area contributed by atoms with Crippen LogP contribution in [-0.2, 0) is 77.3 Å². The van der Waals surface area contributed by atoms with Gasteiger partial charge in [-0.2, -0.15) is 0 Å². The van der Waals surface area contributed by atoms with Gasteiger partial charge in [-0.3, -0.25) is 0 Å². The van der Waals surface area contributed by atoms with Crippen molar-refractivity contribution in [3.8, 4) is 0 Å². The van der Waals surface area contributed by atoms with Gasteiger partial charge in [0.1, 0.15) is 61.0 Å². The summed E-state index contributed by atoms with van der Waals surface area (Å²) in [5.74, 6) is -0.868. The predicted molar refractivity (Wildman–Crippen MR) is 279 cm³/mol. The first-order chi connectivity index (χ1) is 34.8. The van der Waals surface area contributed by atoms with E-state index in [1.807, 2.05) is 121 Å². The molecular weight excluding hydrogens is 945 g/mol. The molecule has 12 nitrogen and oxygen atoms in total. The molecule has 0 amide bonds. The van der Waals surface area contributed by atoms with E-state index < -0.39 is 90.2 Å². The van der Waals surface area contributed by atoms with Gasteiger partial charge in [-0.05, 0) is 57.3 Å². The van der Waals surface area contributed by atoms with Crippen LogP contribution in [0.3, 0.4) is 0 Å². The molecule has 0 aromatic heterocycles. The summed E-state index contributed by atoms with van der Waals surface area (Å²) >= 11 is 0. The van der Waals surface area contributed by atoms with Gasteiger partial charge >= 0.3 is 17.1 Å². The molecule has 3 aliphatic heterocycles. The molecule has 3 saturated heterocycles. The second-order valence-electron chi connectivity index (χ2n) is 21.9. The Morgan fingerprint density at radius 3 is 1.42 bits per heavy atom. The first-order valence-electron chi connectivity index (χ1n) is 26.8. The molecule has 2 aliphatic carbocycles. The number of aliphatic hydroxyl groups excluding tert-OH is 1. The molecule has 11 atom stereocenters. The minimum Gasteiger partial charge on any atom is -0.414 e. The zero-order valence-corrected chi connectivity index (χ0v) is 45.7. The van der Waals surface area contributed by atoms with Crippen LogP contribution in [0.5, 0.6) is 0 Å². The standard InChI is InChI=1S/C58H80O12Si2/c1-39(2)71(40(3)4)68-51-48(59)50(53-54(67-58(66-53)32-22-13-23-33-58)55(51)69-72(70-71,41(5)6)42(7)8)65-57-56(63-37-46-30-20-12-21-31-46)52(62-36-45-28-18-11-19-29-45)49(61-35-44-26-16-10-17-27-44)47(64-57)38-60-34-43-24-14-9-15-25-43/h9-12,14-21,24-31,39-42,47-57,59H,13,22-23,32-38H2,1-8H3/t47-,48-,49-,50-,51+,52+,53+,54+,55-,56+,57+/m1/s1. The predicted octanol–water partition coefficient (Wildman–Crippen LogP) is 11.2. The molecule has 72 heavy (non-hydrogen) atoms. The molecule has 1 N–H and O–H groups in total. The number of benzene rings is 4. The van der Waals surface area contributed by atoms with Crippen LogP contribution in [0.4, 0.5) is 0 Å². The minimum absolute atomic E-state index is 0.0448. The van der Waals surface area contributed by atoms with Gasteiger partial charge in [0.25, 0.3) is 0 Å². The van der Waals surface area contributed by atoms with Crippen molar-refractivity contribution < 1.29 is 56.0 Å². The highest BCUT2D eigenvalue weighted by atomic mass is 28.5. The summed E-state index contributed by atoms with van der Waals surface area (Å²) in [7, 11) is -6.27. The summed E-state index contributed by atoms with van der Waals surface area (Å²) in [6.45, 7) is 18.9. The lowest BCUT2D eigenvalue weighted by molar-refractivity contribution is -0.352. The average molecular weight is 1030 g/mol. The van der Waals surface area contributed by atoms with Crippen LogP contribution in [0, 0.1) is 0 Å². The molecule has 5 fully saturated rings. The van der Waals surface area contributed by atoms with Crippen LogP contribution in [0.2, 0.25) is 22.2 Å². The minimum atomic E-state index is -3.17. The Morgan fingerprint density at radius 2 is 0.931 bits per heavy atom. The molecular formula is C58H80O12Si2. The number of fused-ring (bicyclic) bond motifs is 3. The van der Waals surface area contributed by atoms with Gasteiger partial charge < -0.3 is 56.0 Å². The molecule has 2 saturated carbocycles. The SMILES string of the molecule is CC(C)[Si]1(C(C)C)O[C@H]2[C@H]3OC4(CCCCC4)O[C@H]3[C@H](O[C@@H]3O[C@H](COCc4ccccc4)[C@@H](OCc4ccccc4)[C@H](OCc4ccccc4)[C@@H]3OCc3ccccc3)[C@@H](O)[C@@H]2O[Si](C(C)C)(C(C)C)O1. The maximum atomic E-state index is 13.3. The second-order valence-corrected chi connectivity index (χ2v) is 30.7. The smallest absolute Gasteiger partial charge is 0.335 e. The van der Waals surface area contributed by atoms with Crippen LogP contribution >= 0.6 is 0 Å². The average Bonchev–Trinajstić information content (AvgIpc) is 3.64. The summed E-state index contributed by atoms with van der Waals surface area (Å²) in [4.78, 5) is 0. The summed E-state index contributed by atoms with van der Waals surface area (Å²) in [5.41, 5.74) is 4.26. The fraction of sp³-hybridized carbons (Fsp3) is 0.586. The molecule has 0 bridgehead atoms. The number of ether oxygens (including phenoxy) is 8. The summed E-state index contributed by atoms with van der Waals surface area (Å²) in [6, 6.07) is 40.4. The summed E-state index contributed by atoms with van der Waals surface area (Å²) < 4.78 is 79.8. The Hall–Kier alpha value is -3.17. The lowest BCUT2D eigenvalue weighted by Gasteiger charge is -2.50. The third-order valence-electron chi connectivity index (χ3n) is 15.6. The zero-order valence-electron chi connectivity index (χ0n) is 43.7. The Kier molecular flexibility index (Phi) is 17.7. The highest BCUT2D eigenvalue weighted by Crippen LogP contribution is 2.54. The third kappa shape index (κ3) is 11.6. The van der Waals surface area contributed by atoms with E-state index in [1.165, 1.54) is 0 Å². The summed E-state index contributed by atoms with van der Waals surface area (Å²) in [5, 5.41) is 13.3. The lowest BCUT2D eigenvalue weighted by Crippen LogP contribution is -2.69. The van der Waals surface area contributed by atoms with Crippen molar-refractivity contribution in [1.29, 1.82) is 0 Å². The molecule has 3 heterocycles.